The third kappa shape index (κ3) is 4.10. The van der Waals surface area contributed by atoms with Crippen LogP contribution >= 0.6 is 11.8 Å². The molecule has 0 atom stereocenters. The first-order valence-corrected chi connectivity index (χ1v) is 11.0. The molecule has 3 aromatic carbocycles. The van der Waals surface area contributed by atoms with Crippen LogP contribution in [0.1, 0.15) is 15.9 Å². The van der Waals surface area contributed by atoms with E-state index in [0.29, 0.717) is 22.8 Å². The topological polar surface area (TPSA) is 101 Å². The zero-order valence-corrected chi connectivity index (χ0v) is 18.0. The molecule has 2 aromatic heterocycles. The van der Waals surface area contributed by atoms with E-state index in [2.05, 4.69) is 30.8 Å². The number of anilines is 1. The number of aromatic amines is 1. The molecule has 0 fully saturated rings. The van der Waals surface area contributed by atoms with Gasteiger partial charge in [-0.25, -0.2) is 9.67 Å². The first kappa shape index (κ1) is 20.0. The van der Waals surface area contributed by atoms with Crippen molar-refractivity contribution in [3.05, 3.63) is 83.9 Å². The van der Waals surface area contributed by atoms with Crippen LogP contribution in [0.5, 0.6) is 0 Å². The number of nitrogens with one attached hydrogen (secondary N) is 2. The van der Waals surface area contributed by atoms with E-state index in [9.17, 15) is 4.79 Å². The molecule has 158 valence electrons. The van der Waals surface area contributed by atoms with Crippen LogP contribution in [-0.2, 0) is 12.8 Å². The fourth-order valence-corrected chi connectivity index (χ4v) is 4.31. The number of carbonyl (C=O) groups excluding carboxylic acids is 1. The minimum atomic E-state index is -0.168. The van der Waals surface area contributed by atoms with E-state index >= 15 is 0 Å². The fraction of sp³-hybridized carbons (Fsp3) is 0.0870. The van der Waals surface area contributed by atoms with Crippen LogP contribution in [0, 0.1) is 0 Å². The van der Waals surface area contributed by atoms with Crippen molar-refractivity contribution in [3.8, 4) is 11.4 Å². The molecule has 0 spiro atoms. The summed E-state index contributed by atoms with van der Waals surface area (Å²) in [6.45, 7) is 0. The summed E-state index contributed by atoms with van der Waals surface area (Å²) in [5.41, 5.74) is 4.99. The van der Waals surface area contributed by atoms with E-state index in [1.165, 1.54) is 0 Å². The van der Waals surface area contributed by atoms with Gasteiger partial charge in [0, 0.05) is 29.6 Å². The largest absolute Gasteiger partial charge is 0.333 e. The lowest BCUT2D eigenvalue weighted by molar-refractivity contribution is 0.102. The van der Waals surface area contributed by atoms with Crippen molar-refractivity contribution in [2.75, 3.05) is 5.32 Å². The number of aryl methyl sites for hydroxylation is 1. The Balaban J connectivity index is 1.33. The van der Waals surface area contributed by atoms with Crippen molar-refractivity contribution in [3.63, 3.8) is 0 Å². The molecule has 2 heterocycles. The average Bonchev–Trinajstić information content (AvgIpc) is 3.43. The minimum Gasteiger partial charge on any atom is -0.333 e. The number of nitrogens with zero attached hydrogens (tertiary/aromatic N) is 5. The minimum absolute atomic E-state index is 0.168. The molecule has 32 heavy (non-hydrogen) atoms. The molecule has 5 rings (SSSR count). The summed E-state index contributed by atoms with van der Waals surface area (Å²) in [7, 11) is 1.77. The van der Waals surface area contributed by atoms with E-state index in [4.69, 9.17) is 0 Å². The van der Waals surface area contributed by atoms with Crippen LogP contribution in [0.4, 0.5) is 5.69 Å². The predicted molar refractivity (Wildman–Crippen MR) is 124 cm³/mol. The van der Waals surface area contributed by atoms with Crippen LogP contribution in [0.3, 0.4) is 0 Å². The smallest absolute Gasteiger partial charge is 0.255 e. The zero-order chi connectivity index (χ0) is 21.9. The van der Waals surface area contributed by atoms with Gasteiger partial charge in [0.15, 0.2) is 11.0 Å². The van der Waals surface area contributed by atoms with Crippen molar-refractivity contribution in [2.24, 2.45) is 7.05 Å². The molecule has 0 bridgehead atoms. The second-order valence-corrected chi connectivity index (χ2v) is 8.13. The van der Waals surface area contributed by atoms with Crippen molar-refractivity contribution in [2.45, 2.75) is 10.9 Å². The van der Waals surface area contributed by atoms with Gasteiger partial charge in [0.05, 0.1) is 11.0 Å². The Bertz CT molecular complexity index is 1380. The maximum absolute atomic E-state index is 13.1. The number of carbonyl (C=O) groups is 1. The Morgan fingerprint density at radius 2 is 1.91 bits per heavy atom. The molecule has 0 saturated heterocycles. The molecule has 5 aromatic rings. The van der Waals surface area contributed by atoms with Gasteiger partial charge < -0.3 is 10.3 Å². The number of para-hydroxylation sites is 2. The van der Waals surface area contributed by atoms with E-state index in [1.807, 2.05) is 72.8 Å². The first-order valence-electron chi connectivity index (χ1n) is 9.97. The van der Waals surface area contributed by atoms with Crippen LogP contribution in [-0.4, -0.2) is 36.1 Å². The number of rotatable bonds is 6. The fourth-order valence-electron chi connectivity index (χ4n) is 3.42. The summed E-state index contributed by atoms with van der Waals surface area (Å²) in [6.07, 6.45) is 0. The van der Waals surface area contributed by atoms with Crippen LogP contribution in [0.15, 0.2) is 78.0 Å². The normalized spacial score (nSPS) is 11.0. The highest BCUT2D eigenvalue weighted by Crippen LogP contribution is 2.26. The van der Waals surface area contributed by atoms with Gasteiger partial charge in [-0.05, 0) is 46.3 Å². The number of H-pyrrole nitrogens is 1. The molecule has 0 aliphatic heterocycles. The van der Waals surface area contributed by atoms with Gasteiger partial charge >= 0.3 is 0 Å². The Labute approximate surface area is 188 Å². The van der Waals surface area contributed by atoms with Gasteiger partial charge in [-0.2, -0.15) is 0 Å². The van der Waals surface area contributed by atoms with Gasteiger partial charge in [-0.1, -0.05) is 54.2 Å². The lowest BCUT2D eigenvalue weighted by Gasteiger charge is -2.10. The van der Waals surface area contributed by atoms with Gasteiger partial charge in [-0.15, -0.1) is 5.10 Å². The molecule has 0 unspecified atom stereocenters. The summed E-state index contributed by atoms with van der Waals surface area (Å²) in [5, 5.41) is 15.4. The number of imidazole rings is 1. The zero-order valence-electron chi connectivity index (χ0n) is 17.2. The molecular weight excluding hydrogens is 422 g/mol. The average molecular weight is 442 g/mol. The Hall–Kier alpha value is -3.98. The molecule has 0 radical (unpaired) electrons. The maximum Gasteiger partial charge on any atom is 0.255 e. The molecule has 9 heteroatoms. The van der Waals surface area contributed by atoms with E-state index in [1.54, 1.807) is 23.5 Å². The number of thioether (sulfide) groups is 1. The van der Waals surface area contributed by atoms with Crippen molar-refractivity contribution >= 4 is 34.4 Å². The Morgan fingerprint density at radius 1 is 1.06 bits per heavy atom. The Kier molecular flexibility index (Phi) is 5.39. The second-order valence-electron chi connectivity index (χ2n) is 7.17. The van der Waals surface area contributed by atoms with Gasteiger partial charge in [-0.3, -0.25) is 4.79 Å². The number of hydrogen-bond acceptors (Lipinski definition) is 6. The lowest BCUT2D eigenvalue weighted by atomic mass is 10.1. The SMILES string of the molecule is Cn1nnnc1-c1cccc(NC(=O)c2ccccc2CSc2nc3ccccc3[nH]2)c1. The third-order valence-corrected chi connectivity index (χ3v) is 5.91. The standard InChI is InChI=1S/C23H19N7OS/c1-30-21(27-28-29-30)15-8-6-9-17(13-15)24-22(31)18-10-3-2-7-16(18)14-32-23-25-19-11-4-5-12-20(19)26-23/h2-13H,14H2,1H3,(H,24,31)(H,25,26). The predicted octanol–water partition coefficient (Wildman–Crippen LogP) is 4.30. The Morgan fingerprint density at radius 3 is 2.75 bits per heavy atom. The lowest BCUT2D eigenvalue weighted by Crippen LogP contribution is -2.14. The van der Waals surface area contributed by atoms with Crippen LogP contribution in [0.2, 0.25) is 0 Å². The monoisotopic (exact) mass is 441 g/mol. The number of hydrogen-bond donors (Lipinski definition) is 2. The van der Waals surface area contributed by atoms with Gasteiger partial charge in [0.2, 0.25) is 0 Å². The highest BCUT2D eigenvalue weighted by Gasteiger charge is 2.14. The summed E-state index contributed by atoms with van der Waals surface area (Å²) in [6, 6.07) is 23.0. The van der Waals surface area contributed by atoms with Crippen molar-refractivity contribution < 1.29 is 4.79 Å². The van der Waals surface area contributed by atoms with Gasteiger partial charge in [0.25, 0.3) is 5.91 Å². The van der Waals surface area contributed by atoms with Crippen LogP contribution in [0.25, 0.3) is 22.4 Å². The highest BCUT2D eigenvalue weighted by molar-refractivity contribution is 7.98. The number of fused-ring (bicyclic) bond motifs is 1. The third-order valence-electron chi connectivity index (χ3n) is 4.99. The van der Waals surface area contributed by atoms with Crippen LogP contribution < -0.4 is 5.32 Å². The van der Waals surface area contributed by atoms with E-state index < -0.39 is 0 Å². The summed E-state index contributed by atoms with van der Waals surface area (Å²) >= 11 is 1.57. The van der Waals surface area contributed by atoms with Crippen molar-refractivity contribution in [1.82, 2.24) is 30.2 Å². The molecular formula is C23H19N7OS. The summed E-state index contributed by atoms with van der Waals surface area (Å²) < 4.78 is 1.59. The molecule has 1 amide bonds. The maximum atomic E-state index is 13.1. The highest BCUT2D eigenvalue weighted by atomic mass is 32.2. The number of benzene rings is 3. The van der Waals surface area contributed by atoms with Crippen molar-refractivity contribution in [1.29, 1.82) is 0 Å². The molecule has 0 aliphatic carbocycles. The molecule has 8 nitrogen and oxygen atoms in total. The molecule has 2 N–H and O–H groups in total. The van der Waals surface area contributed by atoms with Gasteiger partial charge in [0.1, 0.15) is 0 Å². The second kappa shape index (κ2) is 8.64. The quantitative estimate of drug-likeness (QED) is 0.381. The summed E-state index contributed by atoms with van der Waals surface area (Å²) in [4.78, 5) is 21.0. The van der Waals surface area contributed by atoms with E-state index in [0.717, 1.165) is 27.3 Å². The molecule has 0 saturated carbocycles. The number of amides is 1. The number of tetrazole rings is 1. The van der Waals surface area contributed by atoms with E-state index in [-0.39, 0.29) is 5.91 Å². The first-order chi connectivity index (χ1) is 15.7. The molecule has 0 aliphatic rings. The number of aromatic nitrogens is 6. The summed E-state index contributed by atoms with van der Waals surface area (Å²) in [5.74, 6) is 1.08.